The Morgan fingerprint density at radius 1 is 1.40 bits per heavy atom. The van der Waals surface area contributed by atoms with Crippen LogP contribution in [0, 0.1) is 0 Å². The number of hydrogen-bond donors (Lipinski definition) is 1. The molecule has 62 valence electrons. The third kappa shape index (κ3) is 3.61. The molecule has 0 aromatic heterocycles. The Labute approximate surface area is 65.9 Å². The van der Waals surface area contributed by atoms with Gasteiger partial charge in [-0.15, -0.1) is 0 Å². The molecular formula is C4H12NO3PS. The van der Waals surface area contributed by atoms with Crippen LogP contribution in [0.3, 0.4) is 0 Å². The van der Waals surface area contributed by atoms with Gasteiger partial charge in [0.15, 0.2) is 0 Å². The van der Waals surface area contributed by atoms with Gasteiger partial charge in [-0.1, -0.05) is 0 Å². The highest BCUT2D eigenvalue weighted by molar-refractivity contribution is 8.07. The summed E-state index contributed by atoms with van der Waals surface area (Å²) in [4.78, 5) is 0. The first-order valence-corrected chi connectivity index (χ1v) is 5.30. The SMILES string of the molecule is COP(=S)(OC)OCCN. The van der Waals surface area contributed by atoms with Crippen molar-refractivity contribution >= 4 is 18.5 Å². The molecule has 4 nitrogen and oxygen atoms in total. The minimum Gasteiger partial charge on any atom is -0.328 e. The minimum absolute atomic E-state index is 0.374. The van der Waals surface area contributed by atoms with Gasteiger partial charge in [0.05, 0.1) is 6.61 Å². The van der Waals surface area contributed by atoms with E-state index >= 15 is 0 Å². The van der Waals surface area contributed by atoms with Crippen LogP contribution in [0.5, 0.6) is 0 Å². The molecule has 0 aliphatic heterocycles. The summed E-state index contributed by atoms with van der Waals surface area (Å²) >= 11 is 4.86. The van der Waals surface area contributed by atoms with Gasteiger partial charge in [0.25, 0.3) is 0 Å². The predicted octanol–water partition coefficient (Wildman–Crippen LogP) is 0.479. The zero-order valence-corrected chi connectivity index (χ0v) is 7.78. The minimum atomic E-state index is -2.44. The Bertz CT molecular complexity index is 124. The fraction of sp³-hybridized carbons (Fsp3) is 1.00. The summed E-state index contributed by atoms with van der Waals surface area (Å²) in [5.41, 5.74) is 5.18. The van der Waals surface area contributed by atoms with Crippen LogP contribution >= 0.6 is 6.72 Å². The maximum atomic E-state index is 5.18. The largest absolute Gasteiger partial charge is 0.328 e. The lowest BCUT2D eigenvalue weighted by molar-refractivity contribution is 0.207. The molecule has 0 unspecified atom stereocenters. The zero-order valence-electron chi connectivity index (χ0n) is 6.07. The van der Waals surface area contributed by atoms with Gasteiger partial charge in [0.1, 0.15) is 0 Å². The summed E-state index contributed by atoms with van der Waals surface area (Å²) in [6, 6.07) is 0. The van der Waals surface area contributed by atoms with Crippen LogP contribution in [0.2, 0.25) is 0 Å². The second-order valence-corrected chi connectivity index (χ2v) is 4.66. The van der Waals surface area contributed by atoms with Crippen molar-refractivity contribution in [2.24, 2.45) is 5.73 Å². The summed E-state index contributed by atoms with van der Waals surface area (Å²) in [7, 11) is 2.92. The van der Waals surface area contributed by atoms with E-state index in [9.17, 15) is 0 Å². The van der Waals surface area contributed by atoms with Crippen molar-refractivity contribution in [2.75, 3.05) is 27.4 Å². The van der Waals surface area contributed by atoms with Gasteiger partial charge in [-0.25, -0.2) is 0 Å². The maximum Gasteiger partial charge on any atom is 0.326 e. The third-order valence-electron chi connectivity index (χ3n) is 0.814. The van der Waals surface area contributed by atoms with Crippen LogP contribution in [0.15, 0.2) is 0 Å². The molecule has 0 heterocycles. The van der Waals surface area contributed by atoms with Crippen molar-refractivity contribution in [2.45, 2.75) is 0 Å². The first-order chi connectivity index (χ1) is 4.68. The maximum absolute atomic E-state index is 5.18. The van der Waals surface area contributed by atoms with Crippen LogP contribution in [0.4, 0.5) is 0 Å². The van der Waals surface area contributed by atoms with Crippen molar-refractivity contribution in [3.63, 3.8) is 0 Å². The van der Waals surface area contributed by atoms with Crippen molar-refractivity contribution in [3.8, 4) is 0 Å². The number of hydrogen-bond acceptors (Lipinski definition) is 5. The highest BCUT2D eigenvalue weighted by atomic mass is 32.5. The molecule has 0 fully saturated rings. The predicted molar refractivity (Wildman–Crippen MR) is 43.3 cm³/mol. The Balaban J connectivity index is 3.70. The highest BCUT2D eigenvalue weighted by Crippen LogP contribution is 2.47. The first kappa shape index (κ1) is 10.5. The number of rotatable bonds is 5. The molecule has 0 bridgehead atoms. The molecule has 0 aliphatic rings. The average Bonchev–Trinajstić information content (AvgIpc) is 2.00. The molecule has 0 rings (SSSR count). The molecule has 0 spiro atoms. The van der Waals surface area contributed by atoms with E-state index in [0.717, 1.165) is 0 Å². The normalized spacial score (nSPS) is 11.9. The average molecular weight is 185 g/mol. The van der Waals surface area contributed by atoms with Gasteiger partial charge >= 0.3 is 6.72 Å². The lowest BCUT2D eigenvalue weighted by atomic mass is 10.8. The van der Waals surface area contributed by atoms with Crippen molar-refractivity contribution < 1.29 is 13.6 Å². The van der Waals surface area contributed by atoms with Crippen LogP contribution in [-0.2, 0) is 25.4 Å². The van der Waals surface area contributed by atoms with Crippen molar-refractivity contribution in [1.82, 2.24) is 0 Å². The summed E-state index contributed by atoms with van der Waals surface area (Å²) < 4.78 is 14.7. The van der Waals surface area contributed by atoms with Crippen LogP contribution in [-0.4, -0.2) is 27.4 Å². The van der Waals surface area contributed by atoms with Gasteiger partial charge < -0.3 is 19.3 Å². The second kappa shape index (κ2) is 5.18. The highest BCUT2D eigenvalue weighted by Gasteiger charge is 2.14. The lowest BCUT2D eigenvalue weighted by Crippen LogP contribution is -2.08. The van der Waals surface area contributed by atoms with E-state index < -0.39 is 6.72 Å². The Morgan fingerprint density at radius 3 is 2.20 bits per heavy atom. The molecule has 0 aliphatic carbocycles. The van der Waals surface area contributed by atoms with Crippen molar-refractivity contribution in [1.29, 1.82) is 0 Å². The monoisotopic (exact) mass is 185 g/mol. The summed E-state index contributed by atoms with van der Waals surface area (Å²) in [6.45, 7) is -1.65. The summed E-state index contributed by atoms with van der Waals surface area (Å²) in [5.74, 6) is 0. The van der Waals surface area contributed by atoms with E-state index in [0.29, 0.717) is 13.2 Å². The molecule has 6 heteroatoms. The van der Waals surface area contributed by atoms with Gasteiger partial charge in [-0.3, -0.25) is 0 Å². The molecule has 0 aromatic rings. The lowest BCUT2D eigenvalue weighted by Gasteiger charge is -2.16. The zero-order chi connectivity index (χ0) is 8.04. The standard InChI is InChI=1S/C4H12NO3PS/c1-6-9(10,7-2)8-4-3-5/h3-5H2,1-2H3. The van der Waals surface area contributed by atoms with E-state index in [1.54, 1.807) is 0 Å². The Kier molecular flexibility index (Phi) is 5.44. The van der Waals surface area contributed by atoms with Gasteiger partial charge in [0, 0.05) is 20.8 Å². The molecule has 0 saturated carbocycles. The number of nitrogens with two attached hydrogens (primary N) is 1. The van der Waals surface area contributed by atoms with Gasteiger partial charge in [-0.05, 0) is 11.8 Å². The van der Waals surface area contributed by atoms with Gasteiger partial charge in [-0.2, -0.15) is 0 Å². The third-order valence-corrected chi connectivity index (χ3v) is 3.42. The fourth-order valence-electron chi connectivity index (χ4n) is 0.344. The topological polar surface area (TPSA) is 53.7 Å². The summed E-state index contributed by atoms with van der Waals surface area (Å²) in [5, 5.41) is 0. The second-order valence-electron chi connectivity index (χ2n) is 1.43. The van der Waals surface area contributed by atoms with Crippen LogP contribution in [0.1, 0.15) is 0 Å². The molecule has 0 aromatic carbocycles. The van der Waals surface area contributed by atoms with E-state index in [4.69, 9.17) is 31.1 Å². The molecule has 10 heavy (non-hydrogen) atoms. The molecule has 0 amide bonds. The van der Waals surface area contributed by atoms with E-state index in [1.807, 2.05) is 0 Å². The Morgan fingerprint density at radius 2 is 1.90 bits per heavy atom. The molecule has 0 saturated heterocycles. The molecule has 0 radical (unpaired) electrons. The van der Waals surface area contributed by atoms with Crippen LogP contribution < -0.4 is 5.73 Å². The van der Waals surface area contributed by atoms with E-state index in [2.05, 4.69) is 0 Å². The quantitative estimate of drug-likeness (QED) is 0.631. The van der Waals surface area contributed by atoms with Crippen LogP contribution in [0.25, 0.3) is 0 Å². The molecular weight excluding hydrogens is 173 g/mol. The fourth-order valence-corrected chi connectivity index (χ4v) is 1.26. The van der Waals surface area contributed by atoms with Crippen molar-refractivity contribution in [3.05, 3.63) is 0 Å². The smallest absolute Gasteiger partial charge is 0.326 e. The van der Waals surface area contributed by atoms with Gasteiger partial charge in [0.2, 0.25) is 0 Å². The summed E-state index contributed by atoms with van der Waals surface area (Å²) in [6.07, 6.45) is 0. The molecule has 2 N–H and O–H groups in total. The van der Waals surface area contributed by atoms with E-state index in [-0.39, 0.29) is 0 Å². The van der Waals surface area contributed by atoms with E-state index in [1.165, 1.54) is 14.2 Å². The molecule has 0 atom stereocenters. The Hall–Kier alpha value is 0.490. The first-order valence-electron chi connectivity index (χ1n) is 2.74.